The molecule has 5 heteroatoms. The first kappa shape index (κ1) is 13.1. The van der Waals surface area contributed by atoms with Gasteiger partial charge in [0.15, 0.2) is 5.69 Å². The van der Waals surface area contributed by atoms with E-state index in [2.05, 4.69) is 5.10 Å². The first-order valence-corrected chi connectivity index (χ1v) is 6.01. The molecule has 0 aliphatic heterocycles. The Hall–Kier alpha value is -2.30. The van der Waals surface area contributed by atoms with Crippen LogP contribution in [0.15, 0.2) is 36.4 Å². The topological polar surface area (TPSA) is 70.1 Å². The van der Waals surface area contributed by atoms with Crippen molar-refractivity contribution in [2.75, 3.05) is 5.73 Å². The normalized spacial score (nSPS) is 11.3. The minimum absolute atomic E-state index is 0.205. The second kappa shape index (κ2) is 4.76. The van der Waals surface area contributed by atoms with E-state index in [0.29, 0.717) is 5.82 Å². The van der Waals surface area contributed by atoms with Gasteiger partial charge in [0.05, 0.1) is 5.69 Å². The van der Waals surface area contributed by atoms with Gasteiger partial charge in [-0.3, -0.25) is 0 Å². The third-order valence-corrected chi connectivity index (χ3v) is 2.35. The number of esters is 1. The van der Waals surface area contributed by atoms with Crippen LogP contribution >= 0.6 is 0 Å². The molecule has 0 fully saturated rings. The Morgan fingerprint density at radius 3 is 2.47 bits per heavy atom. The van der Waals surface area contributed by atoms with Crippen LogP contribution in [0.25, 0.3) is 5.69 Å². The molecule has 0 bridgehead atoms. The molecule has 1 aromatic carbocycles. The van der Waals surface area contributed by atoms with E-state index in [1.165, 1.54) is 10.7 Å². The number of hydrogen-bond donors (Lipinski definition) is 1. The van der Waals surface area contributed by atoms with Crippen molar-refractivity contribution in [1.82, 2.24) is 9.78 Å². The van der Waals surface area contributed by atoms with E-state index in [4.69, 9.17) is 10.5 Å². The smallest absolute Gasteiger partial charge is 0.359 e. The van der Waals surface area contributed by atoms with Gasteiger partial charge < -0.3 is 10.5 Å². The summed E-state index contributed by atoms with van der Waals surface area (Å²) in [6.07, 6.45) is 0. The lowest BCUT2D eigenvalue weighted by atomic mass is 10.2. The lowest BCUT2D eigenvalue weighted by Crippen LogP contribution is -2.24. The van der Waals surface area contributed by atoms with Crippen LogP contribution in [0.2, 0.25) is 0 Å². The highest BCUT2D eigenvalue weighted by Crippen LogP contribution is 2.17. The second-order valence-electron chi connectivity index (χ2n) is 5.20. The maximum absolute atomic E-state index is 11.9. The summed E-state index contributed by atoms with van der Waals surface area (Å²) in [5.41, 5.74) is 6.32. The molecule has 0 unspecified atom stereocenters. The van der Waals surface area contributed by atoms with Crippen LogP contribution in [-0.4, -0.2) is 21.4 Å². The van der Waals surface area contributed by atoms with E-state index in [-0.39, 0.29) is 5.69 Å². The van der Waals surface area contributed by atoms with Gasteiger partial charge in [-0.05, 0) is 32.9 Å². The summed E-state index contributed by atoms with van der Waals surface area (Å²) in [4.78, 5) is 11.9. The van der Waals surface area contributed by atoms with Crippen LogP contribution in [0.5, 0.6) is 0 Å². The largest absolute Gasteiger partial charge is 0.455 e. The number of rotatable bonds is 2. The molecule has 0 amide bonds. The van der Waals surface area contributed by atoms with Crippen molar-refractivity contribution in [2.45, 2.75) is 26.4 Å². The van der Waals surface area contributed by atoms with Gasteiger partial charge in [0.25, 0.3) is 0 Å². The lowest BCUT2D eigenvalue weighted by molar-refractivity contribution is 0.00624. The number of aromatic nitrogens is 2. The Balaban J connectivity index is 2.29. The fourth-order valence-electron chi connectivity index (χ4n) is 1.60. The molecule has 5 nitrogen and oxygen atoms in total. The van der Waals surface area contributed by atoms with Gasteiger partial charge in [0, 0.05) is 6.07 Å². The Bertz CT molecular complexity index is 582. The van der Waals surface area contributed by atoms with E-state index in [0.717, 1.165) is 5.69 Å². The van der Waals surface area contributed by atoms with Gasteiger partial charge in [-0.25, -0.2) is 9.48 Å². The molecule has 0 saturated carbocycles. The molecule has 100 valence electrons. The summed E-state index contributed by atoms with van der Waals surface area (Å²) in [5, 5.41) is 4.18. The Labute approximate surface area is 112 Å². The predicted molar refractivity (Wildman–Crippen MR) is 73.1 cm³/mol. The van der Waals surface area contributed by atoms with Crippen LogP contribution in [0.3, 0.4) is 0 Å². The minimum atomic E-state index is -0.553. The number of nitrogen functional groups attached to an aromatic ring is 1. The third-order valence-electron chi connectivity index (χ3n) is 2.35. The number of ether oxygens (including phenoxy) is 1. The highest BCUT2D eigenvalue weighted by molar-refractivity contribution is 5.88. The number of anilines is 1. The van der Waals surface area contributed by atoms with Crippen molar-refractivity contribution in [3.05, 3.63) is 42.1 Å². The van der Waals surface area contributed by atoms with Gasteiger partial charge >= 0.3 is 5.97 Å². The molecule has 0 aliphatic carbocycles. The molecule has 1 heterocycles. The van der Waals surface area contributed by atoms with Crippen LogP contribution in [0.4, 0.5) is 5.82 Å². The van der Waals surface area contributed by atoms with Crippen molar-refractivity contribution in [1.29, 1.82) is 0 Å². The SMILES string of the molecule is CC(C)(C)OC(=O)c1cc(N)n(-c2ccccc2)n1. The lowest BCUT2D eigenvalue weighted by Gasteiger charge is -2.18. The number of nitrogens with zero attached hydrogens (tertiary/aromatic N) is 2. The van der Waals surface area contributed by atoms with Crippen LogP contribution < -0.4 is 5.73 Å². The Morgan fingerprint density at radius 1 is 1.26 bits per heavy atom. The average Bonchev–Trinajstić information content (AvgIpc) is 2.70. The van der Waals surface area contributed by atoms with E-state index in [1.807, 2.05) is 51.1 Å². The van der Waals surface area contributed by atoms with Crippen LogP contribution in [0.1, 0.15) is 31.3 Å². The Morgan fingerprint density at radius 2 is 1.89 bits per heavy atom. The summed E-state index contributed by atoms with van der Waals surface area (Å²) in [5.74, 6) is -0.0825. The van der Waals surface area contributed by atoms with E-state index in [9.17, 15) is 4.79 Å². The van der Waals surface area contributed by atoms with Gasteiger partial charge in [-0.15, -0.1) is 0 Å². The molecule has 0 spiro atoms. The molecule has 0 atom stereocenters. The predicted octanol–water partition coefficient (Wildman–Crippen LogP) is 2.41. The number of benzene rings is 1. The number of carbonyl (C=O) groups excluding carboxylic acids is 1. The molecule has 0 radical (unpaired) electrons. The zero-order valence-corrected chi connectivity index (χ0v) is 11.3. The average molecular weight is 259 g/mol. The van der Waals surface area contributed by atoms with Crippen LogP contribution in [0, 0.1) is 0 Å². The summed E-state index contributed by atoms with van der Waals surface area (Å²) < 4.78 is 6.77. The number of nitrogens with two attached hydrogens (primary N) is 1. The second-order valence-corrected chi connectivity index (χ2v) is 5.20. The molecule has 2 aromatic rings. The molecule has 0 saturated heterocycles. The molecule has 1 aromatic heterocycles. The standard InChI is InChI=1S/C14H17N3O2/c1-14(2,3)19-13(18)11-9-12(15)17(16-11)10-7-5-4-6-8-10/h4-9H,15H2,1-3H3. The number of hydrogen-bond acceptors (Lipinski definition) is 4. The fourth-order valence-corrected chi connectivity index (χ4v) is 1.60. The molecular formula is C14H17N3O2. The van der Waals surface area contributed by atoms with Crippen LogP contribution in [-0.2, 0) is 4.74 Å². The zero-order chi connectivity index (χ0) is 14.0. The third kappa shape index (κ3) is 3.13. The van der Waals surface area contributed by atoms with Crippen molar-refractivity contribution < 1.29 is 9.53 Å². The highest BCUT2D eigenvalue weighted by atomic mass is 16.6. The quantitative estimate of drug-likeness (QED) is 0.841. The summed E-state index contributed by atoms with van der Waals surface area (Å²) in [6, 6.07) is 10.9. The molecule has 0 aliphatic rings. The van der Waals surface area contributed by atoms with Crippen molar-refractivity contribution in [2.24, 2.45) is 0 Å². The Kier molecular flexibility index (Phi) is 3.29. The van der Waals surface area contributed by atoms with E-state index in [1.54, 1.807) is 0 Å². The maximum atomic E-state index is 11.9. The van der Waals surface area contributed by atoms with Gasteiger partial charge in [0.1, 0.15) is 11.4 Å². The van der Waals surface area contributed by atoms with Gasteiger partial charge in [-0.2, -0.15) is 5.10 Å². The van der Waals surface area contributed by atoms with Gasteiger partial charge in [-0.1, -0.05) is 18.2 Å². The monoisotopic (exact) mass is 259 g/mol. The summed E-state index contributed by atoms with van der Waals surface area (Å²) in [7, 11) is 0. The first-order valence-electron chi connectivity index (χ1n) is 6.01. The maximum Gasteiger partial charge on any atom is 0.359 e. The zero-order valence-electron chi connectivity index (χ0n) is 11.3. The molecule has 2 rings (SSSR count). The van der Waals surface area contributed by atoms with E-state index >= 15 is 0 Å². The van der Waals surface area contributed by atoms with E-state index < -0.39 is 11.6 Å². The molecular weight excluding hydrogens is 242 g/mol. The number of para-hydroxylation sites is 1. The summed E-state index contributed by atoms with van der Waals surface area (Å²) in [6.45, 7) is 5.42. The summed E-state index contributed by atoms with van der Waals surface area (Å²) >= 11 is 0. The van der Waals surface area contributed by atoms with Gasteiger partial charge in [0.2, 0.25) is 0 Å². The van der Waals surface area contributed by atoms with Crippen molar-refractivity contribution >= 4 is 11.8 Å². The molecule has 2 N–H and O–H groups in total. The highest BCUT2D eigenvalue weighted by Gasteiger charge is 2.21. The number of carbonyl (C=O) groups is 1. The van der Waals surface area contributed by atoms with Crippen molar-refractivity contribution in [3.63, 3.8) is 0 Å². The fraction of sp³-hybridized carbons (Fsp3) is 0.286. The minimum Gasteiger partial charge on any atom is -0.455 e. The first-order chi connectivity index (χ1) is 8.87. The van der Waals surface area contributed by atoms with Crippen molar-refractivity contribution in [3.8, 4) is 5.69 Å². The molecule has 19 heavy (non-hydrogen) atoms.